The predicted molar refractivity (Wildman–Crippen MR) is 136 cm³/mol. The molecule has 2 aromatic heterocycles. The molecule has 5 nitrogen and oxygen atoms in total. The Bertz CT molecular complexity index is 1510. The number of thiazole rings is 1. The van der Waals surface area contributed by atoms with Crippen LogP contribution < -0.4 is 4.57 Å². The molecular weight excluding hydrogens is 430 g/mol. The van der Waals surface area contributed by atoms with E-state index in [4.69, 9.17) is 0 Å². The van der Waals surface area contributed by atoms with Crippen molar-refractivity contribution in [3.05, 3.63) is 93.5 Å². The highest BCUT2D eigenvalue weighted by molar-refractivity contribution is 7.18. The number of nitro groups is 1. The summed E-state index contributed by atoms with van der Waals surface area (Å²) in [5.41, 5.74) is 5.94. The van der Waals surface area contributed by atoms with Crippen LogP contribution in [0, 0.1) is 10.1 Å². The lowest BCUT2D eigenvalue weighted by Crippen LogP contribution is -2.33. The van der Waals surface area contributed by atoms with E-state index in [-0.39, 0.29) is 10.6 Å². The fourth-order valence-corrected chi connectivity index (χ4v) is 5.71. The Labute approximate surface area is 196 Å². The molecule has 6 heteroatoms. The Kier molecular flexibility index (Phi) is 5.52. The third-order valence-corrected chi connectivity index (χ3v) is 7.12. The summed E-state index contributed by atoms with van der Waals surface area (Å²) in [5, 5.41) is 13.5. The minimum atomic E-state index is -0.337. The average Bonchev–Trinajstić information content (AvgIpc) is 3.37. The molecule has 5 aromatic rings. The Morgan fingerprint density at radius 2 is 1.76 bits per heavy atom. The van der Waals surface area contributed by atoms with Gasteiger partial charge in [-0.3, -0.25) is 10.1 Å². The summed E-state index contributed by atoms with van der Waals surface area (Å²) in [5.74, 6) is 0. The van der Waals surface area contributed by atoms with Crippen molar-refractivity contribution < 1.29 is 9.49 Å². The minimum Gasteiger partial charge on any atom is -0.340 e. The van der Waals surface area contributed by atoms with Crippen LogP contribution in [0.15, 0.2) is 72.8 Å². The molecule has 0 saturated carbocycles. The number of fused-ring (bicyclic) bond motifs is 2. The molecule has 2 heterocycles. The van der Waals surface area contributed by atoms with E-state index in [0.717, 1.165) is 28.3 Å². The quantitative estimate of drug-likeness (QED) is 0.159. The van der Waals surface area contributed by atoms with Gasteiger partial charge in [0.05, 0.1) is 10.6 Å². The van der Waals surface area contributed by atoms with Gasteiger partial charge < -0.3 is 4.57 Å². The number of para-hydroxylation sites is 1. The zero-order chi connectivity index (χ0) is 22.9. The second-order valence-electron chi connectivity index (χ2n) is 7.82. The third kappa shape index (κ3) is 3.62. The van der Waals surface area contributed by atoms with E-state index < -0.39 is 0 Å². The van der Waals surface area contributed by atoms with Gasteiger partial charge in [-0.25, -0.2) is 0 Å². The van der Waals surface area contributed by atoms with Gasteiger partial charge in [0.2, 0.25) is 5.52 Å². The molecule has 0 aliphatic heterocycles. The molecule has 0 aliphatic rings. The van der Waals surface area contributed by atoms with Crippen molar-refractivity contribution >= 4 is 50.3 Å². The number of nitrogens with zero attached hydrogens (tertiary/aromatic N) is 3. The largest absolute Gasteiger partial charge is 0.340 e. The van der Waals surface area contributed by atoms with Gasteiger partial charge in [-0.2, -0.15) is 4.57 Å². The fraction of sp³-hybridized carbons (Fsp3) is 0.148. The van der Waals surface area contributed by atoms with Gasteiger partial charge in [0.15, 0.2) is 0 Å². The highest BCUT2D eigenvalue weighted by Crippen LogP contribution is 2.35. The van der Waals surface area contributed by atoms with Gasteiger partial charge in [-0.05, 0) is 31.6 Å². The van der Waals surface area contributed by atoms with Crippen LogP contribution in [0.1, 0.15) is 24.4 Å². The van der Waals surface area contributed by atoms with Crippen LogP contribution in [0.2, 0.25) is 0 Å². The first-order valence-electron chi connectivity index (χ1n) is 11.1. The molecule has 0 aliphatic carbocycles. The summed E-state index contributed by atoms with van der Waals surface area (Å²) in [4.78, 5) is 10.9. The monoisotopic (exact) mass is 454 g/mol. The molecule has 0 spiro atoms. The van der Waals surface area contributed by atoms with Crippen molar-refractivity contribution in [2.75, 3.05) is 0 Å². The molecular formula is C27H24N3O2S+. The highest BCUT2D eigenvalue weighted by Gasteiger charge is 2.21. The zero-order valence-corrected chi connectivity index (χ0v) is 19.4. The van der Waals surface area contributed by atoms with E-state index in [1.807, 2.05) is 12.1 Å². The molecule has 164 valence electrons. The number of rotatable bonds is 6. The van der Waals surface area contributed by atoms with Gasteiger partial charge in [0.25, 0.3) is 10.7 Å². The summed E-state index contributed by atoms with van der Waals surface area (Å²) in [7, 11) is 0. The van der Waals surface area contributed by atoms with E-state index in [0.29, 0.717) is 0 Å². The van der Waals surface area contributed by atoms with Crippen molar-refractivity contribution in [2.45, 2.75) is 26.9 Å². The van der Waals surface area contributed by atoms with E-state index in [9.17, 15) is 10.1 Å². The maximum absolute atomic E-state index is 11.2. The number of aryl methyl sites for hydroxylation is 2. The molecule has 0 unspecified atom stereocenters. The molecule has 5 rings (SSSR count). The van der Waals surface area contributed by atoms with Crippen molar-refractivity contribution in [1.82, 2.24) is 4.57 Å². The summed E-state index contributed by atoms with van der Waals surface area (Å²) in [6.45, 7) is 5.94. The Morgan fingerprint density at radius 1 is 1.00 bits per heavy atom. The van der Waals surface area contributed by atoms with Gasteiger partial charge in [-0.15, -0.1) is 0 Å². The van der Waals surface area contributed by atoms with E-state index in [1.54, 1.807) is 23.5 Å². The number of hydrogen-bond donors (Lipinski definition) is 0. The van der Waals surface area contributed by atoms with Gasteiger partial charge in [0, 0.05) is 47.3 Å². The lowest BCUT2D eigenvalue weighted by atomic mass is 10.0. The van der Waals surface area contributed by atoms with Gasteiger partial charge in [-0.1, -0.05) is 59.9 Å². The number of hydrogen-bond acceptors (Lipinski definition) is 3. The maximum atomic E-state index is 11.2. The third-order valence-electron chi connectivity index (χ3n) is 6.01. The van der Waals surface area contributed by atoms with Crippen LogP contribution in [0.25, 0.3) is 44.5 Å². The molecule has 0 atom stereocenters. The normalized spacial score (nSPS) is 11.7. The van der Waals surface area contributed by atoms with Gasteiger partial charge in [0.1, 0.15) is 11.2 Å². The van der Waals surface area contributed by atoms with Crippen LogP contribution in [0.5, 0.6) is 0 Å². The first-order valence-corrected chi connectivity index (χ1v) is 11.9. The summed E-state index contributed by atoms with van der Waals surface area (Å²) in [6.07, 6.45) is 4.34. The minimum absolute atomic E-state index is 0.125. The van der Waals surface area contributed by atoms with Crippen LogP contribution >= 0.6 is 11.3 Å². The molecule has 0 amide bonds. The van der Waals surface area contributed by atoms with E-state index in [1.165, 1.54) is 27.7 Å². The van der Waals surface area contributed by atoms with Crippen molar-refractivity contribution in [1.29, 1.82) is 0 Å². The Hall–Kier alpha value is -3.77. The Balaban J connectivity index is 1.71. The fourth-order valence-electron chi connectivity index (χ4n) is 4.55. The lowest BCUT2D eigenvalue weighted by molar-refractivity contribution is -0.665. The number of benzene rings is 3. The molecule has 3 aromatic carbocycles. The van der Waals surface area contributed by atoms with Gasteiger partial charge >= 0.3 is 0 Å². The zero-order valence-electron chi connectivity index (χ0n) is 18.6. The Morgan fingerprint density at radius 3 is 2.48 bits per heavy atom. The van der Waals surface area contributed by atoms with Crippen LogP contribution in [0.3, 0.4) is 0 Å². The van der Waals surface area contributed by atoms with Crippen molar-refractivity contribution in [3.8, 4) is 11.3 Å². The number of aromatic nitrogens is 2. The topological polar surface area (TPSA) is 51.9 Å². The SMILES string of the molecule is CCn1c(-c2ccccc2)c(/C=C/c2sc3cc([N+](=O)[O-])ccc3[n+]2CC)c2ccccc21. The smallest absolute Gasteiger partial charge is 0.271 e. The lowest BCUT2D eigenvalue weighted by Gasteiger charge is -2.09. The second kappa shape index (κ2) is 8.64. The standard InChI is InChI=1S/C27H24N3O2S/c1-3-28-24-16-14-20(30(31)32)18-25(24)33-26(28)17-15-22-21-12-8-9-13-23(21)29(4-2)27(22)19-10-6-5-7-11-19/h5-18H,3-4H2,1-2H3/q+1. The first-order chi connectivity index (χ1) is 16.1. The molecule has 0 bridgehead atoms. The first kappa shape index (κ1) is 21.1. The van der Waals surface area contributed by atoms with Crippen molar-refractivity contribution in [3.63, 3.8) is 0 Å². The maximum Gasteiger partial charge on any atom is 0.271 e. The molecule has 0 fully saturated rings. The molecule has 0 N–H and O–H groups in total. The summed E-state index contributed by atoms with van der Waals surface area (Å²) >= 11 is 1.58. The number of nitro benzene ring substituents is 1. The van der Waals surface area contributed by atoms with E-state index in [2.05, 4.69) is 83.7 Å². The van der Waals surface area contributed by atoms with Crippen LogP contribution in [0.4, 0.5) is 5.69 Å². The molecule has 0 saturated heterocycles. The molecule has 33 heavy (non-hydrogen) atoms. The van der Waals surface area contributed by atoms with Crippen LogP contribution in [-0.4, -0.2) is 9.49 Å². The molecule has 0 radical (unpaired) electrons. The van der Waals surface area contributed by atoms with Crippen LogP contribution in [-0.2, 0) is 13.1 Å². The summed E-state index contributed by atoms with van der Waals surface area (Å²) in [6, 6.07) is 24.1. The summed E-state index contributed by atoms with van der Waals surface area (Å²) < 4.78 is 5.50. The van der Waals surface area contributed by atoms with Crippen molar-refractivity contribution in [2.24, 2.45) is 0 Å². The van der Waals surface area contributed by atoms with E-state index >= 15 is 0 Å². The predicted octanol–water partition coefficient (Wildman–Crippen LogP) is 6.93. The average molecular weight is 455 g/mol. The highest BCUT2D eigenvalue weighted by atomic mass is 32.1. The number of non-ortho nitro benzene ring substituents is 1. The second-order valence-corrected chi connectivity index (χ2v) is 8.88.